The van der Waals surface area contributed by atoms with Crippen LogP contribution >= 0.6 is 11.6 Å². The Kier molecular flexibility index (Phi) is 5.00. The fraction of sp³-hybridized carbons (Fsp3) is 0.0417. The van der Waals surface area contributed by atoms with Crippen LogP contribution in [0.5, 0.6) is 0 Å². The lowest BCUT2D eigenvalue weighted by molar-refractivity contribution is 0.523. The summed E-state index contributed by atoms with van der Waals surface area (Å²) in [5.74, 6) is 0.516. The number of anilines is 3. The third-order valence-corrected chi connectivity index (χ3v) is 4.90. The van der Waals surface area contributed by atoms with Crippen LogP contribution in [0.3, 0.4) is 0 Å². The molecule has 4 aromatic rings. The van der Waals surface area contributed by atoms with Crippen LogP contribution in [0.15, 0.2) is 100 Å². The third-order valence-electron chi connectivity index (χ3n) is 4.57. The fourth-order valence-electron chi connectivity index (χ4n) is 3.28. The summed E-state index contributed by atoms with van der Waals surface area (Å²) in [6.07, 6.45) is 0. The zero-order valence-electron chi connectivity index (χ0n) is 15.3. The number of hydrogen-bond donors (Lipinski definition) is 0. The SMILES string of the molecule is Cc1c(-c2ccccc2)oc(=O)c(Cl)c1N(c1ccccc1)c1ccccc1. The standard InChI is InChI=1S/C24H18ClNO2/c1-17-22(21(25)24(27)28-23(17)18-11-5-2-6-12-18)26(19-13-7-3-8-14-19)20-15-9-4-10-16-20/h2-16H,1H3. The number of nitrogens with zero attached hydrogens (tertiary/aromatic N) is 1. The summed E-state index contributed by atoms with van der Waals surface area (Å²) >= 11 is 6.50. The molecule has 0 fully saturated rings. The van der Waals surface area contributed by atoms with E-state index in [1.54, 1.807) is 0 Å². The summed E-state index contributed by atoms with van der Waals surface area (Å²) in [6, 6.07) is 29.3. The number of hydrogen-bond acceptors (Lipinski definition) is 3. The maximum atomic E-state index is 12.6. The van der Waals surface area contributed by atoms with Gasteiger partial charge >= 0.3 is 5.63 Å². The fourth-order valence-corrected chi connectivity index (χ4v) is 3.54. The first kappa shape index (κ1) is 18.1. The van der Waals surface area contributed by atoms with Crippen LogP contribution in [0.2, 0.25) is 5.02 Å². The van der Waals surface area contributed by atoms with Gasteiger partial charge in [0.25, 0.3) is 0 Å². The first-order valence-electron chi connectivity index (χ1n) is 8.95. The van der Waals surface area contributed by atoms with Crippen LogP contribution in [-0.4, -0.2) is 0 Å². The molecule has 28 heavy (non-hydrogen) atoms. The predicted octanol–water partition coefficient (Wildman–Crippen LogP) is 6.74. The van der Waals surface area contributed by atoms with Crippen LogP contribution in [0.4, 0.5) is 17.1 Å². The van der Waals surface area contributed by atoms with Gasteiger partial charge < -0.3 is 9.32 Å². The van der Waals surface area contributed by atoms with Gasteiger partial charge in [-0.25, -0.2) is 4.79 Å². The average molecular weight is 388 g/mol. The van der Waals surface area contributed by atoms with Crippen molar-refractivity contribution in [2.24, 2.45) is 0 Å². The van der Waals surface area contributed by atoms with Gasteiger partial charge in [0.2, 0.25) is 0 Å². The Morgan fingerprint density at radius 2 is 1.21 bits per heavy atom. The van der Waals surface area contributed by atoms with Crippen LogP contribution in [0.25, 0.3) is 11.3 Å². The average Bonchev–Trinajstić information content (AvgIpc) is 2.75. The van der Waals surface area contributed by atoms with Crippen molar-refractivity contribution >= 4 is 28.7 Å². The molecule has 0 saturated carbocycles. The Balaban J connectivity index is 2.02. The van der Waals surface area contributed by atoms with Crippen LogP contribution in [-0.2, 0) is 0 Å². The molecule has 0 N–H and O–H groups in total. The Bertz CT molecular complexity index is 1100. The van der Waals surface area contributed by atoms with E-state index in [4.69, 9.17) is 16.0 Å². The highest BCUT2D eigenvalue weighted by atomic mass is 35.5. The first-order valence-corrected chi connectivity index (χ1v) is 9.33. The molecular formula is C24H18ClNO2. The lowest BCUT2D eigenvalue weighted by Crippen LogP contribution is -2.16. The maximum Gasteiger partial charge on any atom is 0.357 e. The zero-order valence-corrected chi connectivity index (χ0v) is 16.1. The highest BCUT2D eigenvalue weighted by Crippen LogP contribution is 2.42. The molecule has 0 amide bonds. The van der Waals surface area contributed by atoms with E-state index in [9.17, 15) is 4.79 Å². The Morgan fingerprint density at radius 1 is 0.750 bits per heavy atom. The summed E-state index contributed by atoms with van der Waals surface area (Å²) in [6.45, 7) is 1.92. The minimum absolute atomic E-state index is 0.0601. The predicted molar refractivity (Wildman–Crippen MR) is 115 cm³/mol. The minimum atomic E-state index is -0.557. The molecule has 4 heteroatoms. The van der Waals surface area contributed by atoms with Crippen molar-refractivity contribution in [3.8, 4) is 11.3 Å². The van der Waals surface area contributed by atoms with Gasteiger partial charge in [-0.3, -0.25) is 0 Å². The second kappa shape index (κ2) is 7.75. The Hall–Kier alpha value is -3.30. The molecule has 0 spiro atoms. The first-order chi connectivity index (χ1) is 13.7. The van der Waals surface area contributed by atoms with Crippen molar-refractivity contribution in [2.75, 3.05) is 4.90 Å². The van der Waals surface area contributed by atoms with E-state index in [1.165, 1.54) is 0 Å². The normalized spacial score (nSPS) is 10.6. The smallest absolute Gasteiger partial charge is 0.357 e. The van der Waals surface area contributed by atoms with Crippen molar-refractivity contribution < 1.29 is 4.42 Å². The summed E-state index contributed by atoms with van der Waals surface area (Å²) < 4.78 is 5.57. The summed E-state index contributed by atoms with van der Waals surface area (Å²) in [5, 5.41) is 0.0601. The highest BCUT2D eigenvalue weighted by molar-refractivity contribution is 6.33. The number of benzene rings is 3. The lowest BCUT2D eigenvalue weighted by atomic mass is 10.1. The minimum Gasteiger partial charge on any atom is -0.421 e. The van der Waals surface area contributed by atoms with Gasteiger partial charge in [0, 0.05) is 22.5 Å². The molecule has 0 atom stereocenters. The topological polar surface area (TPSA) is 33.5 Å². The Labute approximate surface area is 168 Å². The van der Waals surface area contributed by atoms with E-state index in [0.717, 1.165) is 22.5 Å². The zero-order chi connectivity index (χ0) is 19.5. The molecular weight excluding hydrogens is 370 g/mol. The van der Waals surface area contributed by atoms with Gasteiger partial charge in [-0.2, -0.15) is 0 Å². The van der Waals surface area contributed by atoms with E-state index in [-0.39, 0.29) is 5.02 Å². The van der Waals surface area contributed by atoms with Crippen LogP contribution in [0.1, 0.15) is 5.56 Å². The molecule has 3 aromatic carbocycles. The molecule has 0 aliphatic heterocycles. The quantitative estimate of drug-likeness (QED) is 0.389. The molecule has 0 radical (unpaired) electrons. The molecule has 138 valence electrons. The van der Waals surface area contributed by atoms with Crippen LogP contribution < -0.4 is 10.5 Å². The molecule has 0 bridgehead atoms. The molecule has 0 aliphatic carbocycles. The van der Waals surface area contributed by atoms with Crippen molar-refractivity contribution in [2.45, 2.75) is 6.92 Å². The van der Waals surface area contributed by atoms with Gasteiger partial charge in [-0.05, 0) is 31.2 Å². The van der Waals surface area contributed by atoms with E-state index in [2.05, 4.69) is 0 Å². The Morgan fingerprint density at radius 3 is 1.71 bits per heavy atom. The van der Waals surface area contributed by atoms with Crippen LogP contribution in [0, 0.1) is 6.92 Å². The number of rotatable bonds is 4. The van der Waals surface area contributed by atoms with Crippen molar-refractivity contribution in [3.63, 3.8) is 0 Å². The molecule has 0 aliphatic rings. The summed E-state index contributed by atoms with van der Waals surface area (Å²) in [7, 11) is 0. The van der Waals surface area contributed by atoms with Gasteiger partial charge in [0.1, 0.15) is 5.76 Å². The molecule has 3 nitrogen and oxygen atoms in total. The maximum absolute atomic E-state index is 12.6. The van der Waals surface area contributed by atoms with Crippen molar-refractivity contribution in [3.05, 3.63) is 112 Å². The van der Waals surface area contributed by atoms with Crippen molar-refractivity contribution in [1.29, 1.82) is 0 Å². The summed E-state index contributed by atoms with van der Waals surface area (Å²) in [5.41, 5.74) is 3.50. The van der Waals surface area contributed by atoms with E-state index in [0.29, 0.717) is 11.4 Å². The number of halogens is 1. The van der Waals surface area contributed by atoms with Gasteiger partial charge in [0.05, 0.1) is 5.69 Å². The summed E-state index contributed by atoms with van der Waals surface area (Å²) in [4.78, 5) is 14.6. The second-order valence-electron chi connectivity index (χ2n) is 6.38. The van der Waals surface area contributed by atoms with E-state index >= 15 is 0 Å². The molecule has 0 saturated heterocycles. The molecule has 1 aromatic heterocycles. The van der Waals surface area contributed by atoms with E-state index < -0.39 is 5.63 Å². The number of para-hydroxylation sites is 2. The largest absolute Gasteiger partial charge is 0.421 e. The molecule has 0 unspecified atom stereocenters. The molecule has 4 rings (SSSR count). The van der Waals surface area contributed by atoms with Gasteiger partial charge in [-0.15, -0.1) is 0 Å². The lowest BCUT2D eigenvalue weighted by Gasteiger charge is -2.28. The van der Waals surface area contributed by atoms with E-state index in [1.807, 2.05) is 103 Å². The second-order valence-corrected chi connectivity index (χ2v) is 6.76. The van der Waals surface area contributed by atoms with Crippen molar-refractivity contribution in [1.82, 2.24) is 0 Å². The van der Waals surface area contributed by atoms with Gasteiger partial charge in [0.15, 0.2) is 5.02 Å². The third kappa shape index (κ3) is 3.32. The van der Waals surface area contributed by atoms with Gasteiger partial charge in [-0.1, -0.05) is 78.3 Å². The molecule has 1 heterocycles. The highest BCUT2D eigenvalue weighted by Gasteiger charge is 2.24. The monoisotopic (exact) mass is 387 g/mol.